The molecule has 160 valence electrons. The average molecular weight is 416 g/mol. The first kappa shape index (κ1) is 20.5. The summed E-state index contributed by atoms with van der Waals surface area (Å²) in [6.45, 7) is 9.65. The van der Waals surface area contributed by atoms with Crippen molar-refractivity contribution in [2.75, 3.05) is 31.1 Å². The second-order valence-corrected chi connectivity index (χ2v) is 8.12. The van der Waals surface area contributed by atoms with Gasteiger partial charge in [0.15, 0.2) is 5.82 Å². The van der Waals surface area contributed by atoms with E-state index in [1.807, 2.05) is 31.9 Å². The van der Waals surface area contributed by atoms with Crippen molar-refractivity contribution in [1.29, 1.82) is 0 Å². The van der Waals surface area contributed by atoms with E-state index in [-0.39, 0.29) is 5.69 Å². The standard InChI is InChI=1S/C21H25FN4O4/c1-14-20-17(13-29-21(2,3)30-20)15(11-23-14)12-24-6-8-25(9-7-24)19-5-4-16(26(27)28)10-18(19)22/h4-5,10-11H,6-9,12-13H2,1-3H3. The number of non-ortho nitro benzene ring substituents is 1. The summed E-state index contributed by atoms with van der Waals surface area (Å²) in [7, 11) is 0. The lowest BCUT2D eigenvalue weighted by Gasteiger charge is -2.37. The Balaban J connectivity index is 1.43. The van der Waals surface area contributed by atoms with Crippen LogP contribution in [0.2, 0.25) is 0 Å². The molecular weight excluding hydrogens is 391 g/mol. The predicted octanol–water partition coefficient (Wildman–Crippen LogP) is 3.40. The van der Waals surface area contributed by atoms with Gasteiger partial charge in [0.05, 0.1) is 29.0 Å². The number of nitro benzene ring substituents is 1. The minimum Gasteiger partial charge on any atom is -0.461 e. The summed E-state index contributed by atoms with van der Waals surface area (Å²) >= 11 is 0. The third-order valence-corrected chi connectivity index (χ3v) is 5.57. The van der Waals surface area contributed by atoms with E-state index in [2.05, 4.69) is 9.88 Å². The SMILES string of the molecule is Cc1ncc(CN2CCN(c3ccc([N+](=O)[O-])cc3F)CC2)c2c1OC(C)(C)OC2. The van der Waals surface area contributed by atoms with Crippen LogP contribution < -0.4 is 9.64 Å². The third kappa shape index (κ3) is 4.08. The highest BCUT2D eigenvalue weighted by molar-refractivity contribution is 5.52. The van der Waals surface area contributed by atoms with Crippen LogP contribution in [0.25, 0.3) is 0 Å². The summed E-state index contributed by atoms with van der Waals surface area (Å²) in [6, 6.07) is 3.81. The summed E-state index contributed by atoms with van der Waals surface area (Å²) in [5, 5.41) is 10.8. The number of fused-ring (bicyclic) bond motifs is 1. The van der Waals surface area contributed by atoms with Gasteiger partial charge in [0.2, 0.25) is 5.79 Å². The molecule has 3 heterocycles. The summed E-state index contributed by atoms with van der Waals surface area (Å²) in [5.41, 5.74) is 3.12. The van der Waals surface area contributed by atoms with Crippen LogP contribution >= 0.6 is 0 Å². The van der Waals surface area contributed by atoms with Crippen molar-refractivity contribution in [3.8, 4) is 5.75 Å². The van der Waals surface area contributed by atoms with Gasteiger partial charge in [-0.3, -0.25) is 20.0 Å². The lowest BCUT2D eigenvalue weighted by molar-refractivity contribution is -0.385. The molecule has 4 rings (SSSR count). The number of hydrogen-bond acceptors (Lipinski definition) is 7. The number of pyridine rings is 1. The van der Waals surface area contributed by atoms with Gasteiger partial charge >= 0.3 is 0 Å². The number of aryl methyl sites for hydroxylation is 1. The van der Waals surface area contributed by atoms with Crippen LogP contribution in [0.4, 0.5) is 15.8 Å². The van der Waals surface area contributed by atoms with Gasteiger partial charge in [-0.1, -0.05) is 0 Å². The van der Waals surface area contributed by atoms with Crippen LogP contribution in [-0.2, 0) is 17.9 Å². The van der Waals surface area contributed by atoms with Crippen molar-refractivity contribution < 1.29 is 18.8 Å². The van der Waals surface area contributed by atoms with Gasteiger partial charge in [0.25, 0.3) is 5.69 Å². The molecule has 0 bridgehead atoms. The van der Waals surface area contributed by atoms with Crippen molar-refractivity contribution >= 4 is 11.4 Å². The first-order valence-corrected chi connectivity index (χ1v) is 9.95. The van der Waals surface area contributed by atoms with Crippen LogP contribution in [-0.4, -0.2) is 46.8 Å². The molecule has 1 fully saturated rings. The van der Waals surface area contributed by atoms with E-state index < -0.39 is 16.5 Å². The van der Waals surface area contributed by atoms with Crippen molar-refractivity contribution in [1.82, 2.24) is 9.88 Å². The fourth-order valence-electron chi connectivity index (χ4n) is 3.88. The van der Waals surface area contributed by atoms with Crippen molar-refractivity contribution in [3.63, 3.8) is 0 Å². The van der Waals surface area contributed by atoms with Crippen molar-refractivity contribution in [2.24, 2.45) is 0 Å². The number of aromatic nitrogens is 1. The summed E-state index contributed by atoms with van der Waals surface area (Å²) in [5.74, 6) is -0.430. The zero-order chi connectivity index (χ0) is 21.5. The fourth-order valence-corrected chi connectivity index (χ4v) is 3.88. The van der Waals surface area contributed by atoms with Crippen LogP contribution in [0.3, 0.4) is 0 Å². The molecule has 2 aliphatic heterocycles. The van der Waals surface area contributed by atoms with E-state index in [1.165, 1.54) is 12.1 Å². The molecule has 0 saturated carbocycles. The molecule has 8 nitrogen and oxygen atoms in total. The lowest BCUT2D eigenvalue weighted by Crippen LogP contribution is -2.46. The molecule has 0 atom stereocenters. The number of ether oxygens (including phenoxy) is 2. The zero-order valence-corrected chi connectivity index (χ0v) is 17.4. The Kier molecular flexibility index (Phi) is 5.33. The number of nitro groups is 1. The van der Waals surface area contributed by atoms with E-state index in [9.17, 15) is 14.5 Å². The molecule has 9 heteroatoms. The molecule has 1 aromatic heterocycles. The Morgan fingerprint density at radius 3 is 2.67 bits per heavy atom. The summed E-state index contributed by atoms with van der Waals surface area (Å²) in [6.07, 6.45) is 1.88. The topological polar surface area (TPSA) is 81.0 Å². The quantitative estimate of drug-likeness (QED) is 0.558. The number of halogens is 1. The number of benzene rings is 1. The van der Waals surface area contributed by atoms with Gasteiger partial charge in [-0.25, -0.2) is 4.39 Å². The highest BCUT2D eigenvalue weighted by Gasteiger charge is 2.31. The van der Waals surface area contributed by atoms with Gasteiger partial charge in [0, 0.05) is 64.4 Å². The second kappa shape index (κ2) is 7.81. The molecule has 0 radical (unpaired) electrons. The molecular formula is C21H25FN4O4. The number of nitrogens with zero attached hydrogens (tertiary/aromatic N) is 4. The predicted molar refractivity (Wildman–Crippen MR) is 109 cm³/mol. The maximum atomic E-state index is 14.3. The molecule has 0 amide bonds. The Labute approximate surface area is 174 Å². The number of piperazine rings is 1. The van der Waals surface area contributed by atoms with Crippen molar-refractivity contribution in [3.05, 3.63) is 57.1 Å². The lowest BCUT2D eigenvalue weighted by atomic mass is 10.1. The van der Waals surface area contributed by atoms with E-state index >= 15 is 0 Å². The van der Waals surface area contributed by atoms with Gasteiger partial charge < -0.3 is 14.4 Å². The maximum absolute atomic E-state index is 14.3. The first-order chi connectivity index (χ1) is 14.2. The van der Waals surface area contributed by atoms with Gasteiger partial charge in [0.1, 0.15) is 5.75 Å². The summed E-state index contributed by atoms with van der Waals surface area (Å²) < 4.78 is 26.2. The van der Waals surface area contributed by atoms with E-state index in [0.29, 0.717) is 31.9 Å². The van der Waals surface area contributed by atoms with Gasteiger partial charge in [-0.05, 0) is 18.6 Å². The van der Waals surface area contributed by atoms with Crippen LogP contribution in [0.15, 0.2) is 24.4 Å². The molecule has 2 aliphatic rings. The van der Waals surface area contributed by atoms with Crippen LogP contribution in [0, 0.1) is 22.9 Å². The fraction of sp³-hybridized carbons (Fsp3) is 0.476. The molecule has 0 spiro atoms. The Morgan fingerprint density at radius 1 is 1.27 bits per heavy atom. The van der Waals surface area contributed by atoms with E-state index in [4.69, 9.17) is 9.47 Å². The Hall–Kier alpha value is -2.78. The van der Waals surface area contributed by atoms with Gasteiger partial charge in [-0.2, -0.15) is 0 Å². The smallest absolute Gasteiger partial charge is 0.272 e. The summed E-state index contributed by atoms with van der Waals surface area (Å²) in [4.78, 5) is 18.9. The number of anilines is 1. The molecule has 0 N–H and O–H groups in total. The van der Waals surface area contributed by atoms with E-state index in [1.54, 1.807) is 0 Å². The van der Waals surface area contributed by atoms with Gasteiger partial charge in [-0.15, -0.1) is 0 Å². The Morgan fingerprint density at radius 2 is 2.00 bits per heavy atom. The molecule has 1 aromatic carbocycles. The second-order valence-electron chi connectivity index (χ2n) is 8.12. The molecule has 1 saturated heterocycles. The number of hydrogen-bond donors (Lipinski definition) is 0. The largest absolute Gasteiger partial charge is 0.461 e. The highest BCUT2D eigenvalue weighted by atomic mass is 19.1. The zero-order valence-electron chi connectivity index (χ0n) is 17.4. The molecule has 30 heavy (non-hydrogen) atoms. The number of rotatable bonds is 4. The first-order valence-electron chi connectivity index (χ1n) is 9.95. The average Bonchev–Trinajstić information content (AvgIpc) is 2.70. The van der Waals surface area contributed by atoms with Crippen LogP contribution in [0.1, 0.15) is 30.7 Å². The highest BCUT2D eigenvalue weighted by Crippen LogP contribution is 2.35. The van der Waals surface area contributed by atoms with Crippen molar-refractivity contribution in [2.45, 2.75) is 39.7 Å². The molecule has 2 aromatic rings. The molecule has 0 unspecified atom stereocenters. The maximum Gasteiger partial charge on any atom is 0.272 e. The molecule has 0 aliphatic carbocycles. The Bertz CT molecular complexity index is 974. The minimum absolute atomic E-state index is 0.237. The minimum atomic E-state index is -0.668. The van der Waals surface area contributed by atoms with E-state index in [0.717, 1.165) is 41.7 Å². The monoisotopic (exact) mass is 416 g/mol. The van der Waals surface area contributed by atoms with Crippen LogP contribution in [0.5, 0.6) is 5.75 Å². The third-order valence-electron chi connectivity index (χ3n) is 5.57. The normalized spacial score (nSPS) is 18.6.